The summed E-state index contributed by atoms with van der Waals surface area (Å²) in [7, 11) is 0. The van der Waals surface area contributed by atoms with E-state index < -0.39 is 11.4 Å². The lowest BCUT2D eigenvalue weighted by molar-refractivity contribution is 0.0163. The molecule has 1 aromatic heterocycles. The van der Waals surface area contributed by atoms with Crippen molar-refractivity contribution in [2.24, 2.45) is 11.1 Å². The van der Waals surface area contributed by atoms with E-state index in [-0.39, 0.29) is 12.1 Å². The third-order valence-electron chi connectivity index (χ3n) is 5.05. The first kappa shape index (κ1) is 24.4. The lowest BCUT2D eigenvalue weighted by Gasteiger charge is -2.33. The second kappa shape index (κ2) is 11.1. The van der Waals surface area contributed by atoms with Crippen LogP contribution >= 0.6 is 0 Å². The summed E-state index contributed by atoms with van der Waals surface area (Å²) in [5.74, 6) is -0.0974. The van der Waals surface area contributed by atoms with E-state index in [1.807, 2.05) is 27.7 Å². The molecule has 0 N–H and O–H groups in total. The van der Waals surface area contributed by atoms with Crippen LogP contribution in [0.25, 0.3) is 11.1 Å². The van der Waals surface area contributed by atoms with E-state index in [1.165, 1.54) is 12.3 Å². The zero-order valence-corrected chi connectivity index (χ0v) is 19.6. The highest BCUT2D eigenvalue weighted by molar-refractivity contribution is 5.80. The predicted molar refractivity (Wildman–Crippen MR) is 123 cm³/mol. The quantitative estimate of drug-likeness (QED) is 0.442. The van der Waals surface area contributed by atoms with Crippen molar-refractivity contribution in [3.8, 4) is 17.1 Å². The highest BCUT2D eigenvalue weighted by atomic mass is 19.1. The minimum atomic E-state index is -0.497. The molecular formula is C24H31FN4O4. The molecular weight excluding hydrogens is 427 g/mol. The zero-order chi connectivity index (χ0) is 23.8. The summed E-state index contributed by atoms with van der Waals surface area (Å²) in [6.45, 7) is 9.58. The Kier molecular flexibility index (Phi) is 8.19. The molecule has 0 saturated carbocycles. The van der Waals surface area contributed by atoms with Gasteiger partial charge in [-0.3, -0.25) is 0 Å². The van der Waals surface area contributed by atoms with E-state index in [0.29, 0.717) is 48.9 Å². The van der Waals surface area contributed by atoms with Crippen LogP contribution in [-0.2, 0) is 9.57 Å². The largest absolute Gasteiger partial charge is 0.463 e. The maximum Gasteiger partial charge on any atom is 0.410 e. The average Bonchev–Trinajstić information content (AvgIpc) is 2.78. The van der Waals surface area contributed by atoms with Gasteiger partial charge in [0.1, 0.15) is 18.0 Å². The van der Waals surface area contributed by atoms with Crippen LogP contribution in [0.3, 0.4) is 0 Å². The summed E-state index contributed by atoms with van der Waals surface area (Å²) in [6.07, 6.45) is 5.91. The van der Waals surface area contributed by atoms with Crippen molar-refractivity contribution in [2.75, 3.05) is 26.3 Å². The Bertz CT molecular complexity index is 952. The fraction of sp³-hybridized carbons (Fsp3) is 0.500. The van der Waals surface area contributed by atoms with Gasteiger partial charge in [-0.2, -0.15) is 0 Å². The van der Waals surface area contributed by atoms with E-state index in [9.17, 15) is 9.18 Å². The van der Waals surface area contributed by atoms with Crippen LogP contribution in [0.4, 0.5) is 9.18 Å². The molecule has 0 atom stereocenters. The van der Waals surface area contributed by atoms with Crippen molar-refractivity contribution >= 4 is 12.3 Å². The maximum atomic E-state index is 14.5. The lowest BCUT2D eigenvalue weighted by atomic mass is 9.98. The number of ether oxygens (including phenoxy) is 2. The van der Waals surface area contributed by atoms with Gasteiger partial charge in [0, 0.05) is 36.6 Å². The van der Waals surface area contributed by atoms with Gasteiger partial charge < -0.3 is 19.2 Å². The molecule has 1 aliphatic rings. The molecule has 2 heterocycles. The Labute approximate surface area is 193 Å². The topological polar surface area (TPSA) is 86.1 Å². The molecule has 1 aliphatic heterocycles. The third-order valence-corrected chi connectivity index (χ3v) is 5.05. The molecule has 1 aromatic carbocycles. The Balaban J connectivity index is 1.49. The number of piperidine rings is 1. The van der Waals surface area contributed by atoms with Crippen LogP contribution in [0.5, 0.6) is 6.01 Å². The maximum absolute atomic E-state index is 14.5. The number of hydrogen-bond donors (Lipinski definition) is 0. The van der Waals surface area contributed by atoms with E-state index in [4.69, 9.17) is 14.3 Å². The van der Waals surface area contributed by atoms with Crippen molar-refractivity contribution in [2.45, 2.75) is 46.1 Å². The minimum absolute atomic E-state index is 0.245. The predicted octanol–water partition coefficient (Wildman–Crippen LogP) is 4.68. The van der Waals surface area contributed by atoms with Gasteiger partial charge in [0.15, 0.2) is 0 Å². The van der Waals surface area contributed by atoms with Gasteiger partial charge in [-0.05, 0) is 58.1 Å². The smallest absolute Gasteiger partial charge is 0.410 e. The number of carbonyl (C=O) groups excluding carboxylic acids is 1. The monoisotopic (exact) mass is 458 g/mol. The molecule has 0 bridgehead atoms. The fourth-order valence-corrected chi connectivity index (χ4v) is 3.35. The summed E-state index contributed by atoms with van der Waals surface area (Å²) >= 11 is 0. The first-order valence-corrected chi connectivity index (χ1v) is 11.1. The average molecular weight is 459 g/mol. The summed E-state index contributed by atoms with van der Waals surface area (Å²) < 4.78 is 25.6. The minimum Gasteiger partial charge on any atom is -0.463 e. The first-order valence-electron chi connectivity index (χ1n) is 11.1. The molecule has 0 aliphatic carbocycles. The molecule has 0 unspecified atom stereocenters. The number of rotatable bonds is 7. The number of aromatic nitrogens is 2. The van der Waals surface area contributed by atoms with Gasteiger partial charge >= 0.3 is 12.1 Å². The Morgan fingerprint density at radius 2 is 1.94 bits per heavy atom. The summed E-state index contributed by atoms with van der Waals surface area (Å²) in [5.41, 5.74) is 1.05. The van der Waals surface area contributed by atoms with Crippen LogP contribution < -0.4 is 4.74 Å². The van der Waals surface area contributed by atoms with Gasteiger partial charge in [-0.1, -0.05) is 17.3 Å². The zero-order valence-electron chi connectivity index (χ0n) is 19.6. The van der Waals surface area contributed by atoms with Crippen LogP contribution in [0.1, 0.15) is 46.1 Å². The molecule has 0 radical (unpaired) electrons. The van der Waals surface area contributed by atoms with Gasteiger partial charge in [-0.25, -0.2) is 19.2 Å². The van der Waals surface area contributed by atoms with Gasteiger partial charge in [0.05, 0.1) is 12.8 Å². The van der Waals surface area contributed by atoms with E-state index in [0.717, 1.165) is 12.8 Å². The molecule has 33 heavy (non-hydrogen) atoms. The second-order valence-corrected chi connectivity index (χ2v) is 8.87. The number of benzene rings is 1. The number of nitrogens with zero attached hydrogens (tertiary/aromatic N) is 4. The number of hydrogen-bond acceptors (Lipinski definition) is 7. The number of likely N-dealkylation sites (tertiary alicyclic amines) is 1. The summed E-state index contributed by atoms with van der Waals surface area (Å²) in [5, 5.41) is 3.74. The van der Waals surface area contributed by atoms with Crippen LogP contribution in [0, 0.1) is 11.7 Å². The van der Waals surface area contributed by atoms with Gasteiger partial charge in [-0.15, -0.1) is 0 Å². The highest BCUT2D eigenvalue weighted by Gasteiger charge is 2.27. The Hall–Kier alpha value is -3.23. The standard InChI is InChI=1S/C24H31FN4O4/c1-5-32-28-13-18-6-7-20(21(25)12-18)19-14-26-22(27-15-19)31-16-17-8-10-29(11-9-17)23(30)33-24(2,3)4/h6-7,12-15,17H,5,8-11,16H2,1-4H3/b28-13+. The first-order chi connectivity index (χ1) is 15.7. The second-order valence-electron chi connectivity index (χ2n) is 8.87. The van der Waals surface area contributed by atoms with Crippen molar-refractivity contribution in [1.82, 2.24) is 14.9 Å². The van der Waals surface area contributed by atoms with Crippen LogP contribution in [0.15, 0.2) is 35.7 Å². The summed E-state index contributed by atoms with van der Waals surface area (Å²) in [6, 6.07) is 5.02. The van der Waals surface area contributed by atoms with Crippen molar-refractivity contribution < 1.29 is 23.5 Å². The van der Waals surface area contributed by atoms with Crippen LogP contribution in [-0.4, -0.2) is 59.1 Å². The van der Waals surface area contributed by atoms with E-state index in [1.54, 1.807) is 29.4 Å². The highest BCUT2D eigenvalue weighted by Crippen LogP contribution is 2.24. The van der Waals surface area contributed by atoms with Crippen LogP contribution in [0.2, 0.25) is 0 Å². The normalized spacial score (nSPS) is 15.0. The van der Waals surface area contributed by atoms with Crippen molar-refractivity contribution in [1.29, 1.82) is 0 Å². The van der Waals surface area contributed by atoms with Crippen molar-refractivity contribution in [3.05, 3.63) is 42.0 Å². The molecule has 178 valence electrons. The molecule has 2 aromatic rings. The molecule has 8 nitrogen and oxygen atoms in total. The van der Waals surface area contributed by atoms with Gasteiger partial charge in [0.2, 0.25) is 0 Å². The number of carbonyl (C=O) groups is 1. The molecule has 1 fully saturated rings. The lowest BCUT2D eigenvalue weighted by Crippen LogP contribution is -2.42. The van der Waals surface area contributed by atoms with E-state index in [2.05, 4.69) is 15.1 Å². The Morgan fingerprint density at radius 3 is 2.55 bits per heavy atom. The summed E-state index contributed by atoms with van der Waals surface area (Å²) in [4.78, 5) is 27.2. The SMILES string of the molecule is CCO/N=C/c1ccc(-c2cnc(OCC3CCN(C(=O)OC(C)(C)C)CC3)nc2)c(F)c1. The number of halogens is 1. The number of oxime groups is 1. The molecule has 1 amide bonds. The van der Waals surface area contributed by atoms with E-state index >= 15 is 0 Å². The third kappa shape index (κ3) is 7.40. The van der Waals surface area contributed by atoms with Crippen molar-refractivity contribution in [3.63, 3.8) is 0 Å². The fourth-order valence-electron chi connectivity index (χ4n) is 3.35. The number of amides is 1. The van der Waals surface area contributed by atoms with Gasteiger partial charge in [0.25, 0.3) is 0 Å². The molecule has 9 heteroatoms. The molecule has 1 saturated heterocycles. The Morgan fingerprint density at radius 1 is 1.24 bits per heavy atom. The molecule has 3 rings (SSSR count). The molecule has 0 spiro atoms.